The molecule has 19 heavy (non-hydrogen) atoms. The van der Waals surface area contributed by atoms with Gasteiger partial charge in [-0.15, -0.1) is 0 Å². The summed E-state index contributed by atoms with van der Waals surface area (Å²) in [6.07, 6.45) is 1.97. The molecular weight excluding hydrogens is 263 g/mol. The van der Waals surface area contributed by atoms with Gasteiger partial charge in [-0.25, -0.2) is 4.39 Å². The highest BCUT2D eigenvalue weighted by atomic mass is 32.2. The summed E-state index contributed by atoms with van der Waals surface area (Å²) in [7, 11) is 0. The molecule has 0 spiro atoms. The summed E-state index contributed by atoms with van der Waals surface area (Å²) >= 11 is 1.66. The molecule has 5 heteroatoms. The first kappa shape index (κ1) is 15.5. The number of carbonyl (C=O) groups excluding carboxylic acids is 1. The summed E-state index contributed by atoms with van der Waals surface area (Å²) in [5.74, 6) is 4.40. The van der Waals surface area contributed by atoms with E-state index in [9.17, 15) is 9.18 Å². The molecule has 102 valence electrons. The lowest BCUT2D eigenvalue weighted by Gasteiger charge is -2.10. The molecule has 3 nitrogen and oxygen atoms in total. The lowest BCUT2D eigenvalue weighted by molar-refractivity contribution is 0.0953. The number of rotatable bonds is 4. The maximum absolute atomic E-state index is 13.7. The van der Waals surface area contributed by atoms with E-state index in [2.05, 4.69) is 17.2 Å². The van der Waals surface area contributed by atoms with Crippen molar-refractivity contribution in [3.8, 4) is 11.8 Å². The second-order valence-corrected chi connectivity index (χ2v) is 5.23. The van der Waals surface area contributed by atoms with Crippen LogP contribution >= 0.6 is 11.8 Å². The molecule has 0 fully saturated rings. The Balaban J connectivity index is 2.74. The number of benzene rings is 1. The van der Waals surface area contributed by atoms with Crippen molar-refractivity contribution in [1.82, 2.24) is 5.32 Å². The number of nitrogens with two attached hydrogens (primary N) is 1. The van der Waals surface area contributed by atoms with E-state index in [1.54, 1.807) is 17.8 Å². The molecule has 0 radical (unpaired) electrons. The third-order valence-electron chi connectivity index (χ3n) is 2.51. The largest absolute Gasteiger partial charge is 0.351 e. The van der Waals surface area contributed by atoms with Crippen molar-refractivity contribution in [3.05, 3.63) is 35.1 Å². The predicted molar refractivity (Wildman–Crippen MR) is 77.6 cm³/mol. The highest BCUT2D eigenvalue weighted by Crippen LogP contribution is 2.10. The van der Waals surface area contributed by atoms with Crippen molar-refractivity contribution in [1.29, 1.82) is 0 Å². The summed E-state index contributed by atoms with van der Waals surface area (Å²) in [6, 6.07) is 4.24. The fourth-order valence-electron chi connectivity index (χ4n) is 1.33. The molecule has 1 unspecified atom stereocenters. The van der Waals surface area contributed by atoms with Crippen molar-refractivity contribution >= 4 is 17.7 Å². The summed E-state index contributed by atoms with van der Waals surface area (Å²) in [4.78, 5) is 11.8. The Morgan fingerprint density at radius 3 is 2.89 bits per heavy atom. The highest BCUT2D eigenvalue weighted by molar-refractivity contribution is 7.99. The van der Waals surface area contributed by atoms with Crippen molar-refractivity contribution in [2.24, 2.45) is 5.73 Å². The van der Waals surface area contributed by atoms with Crippen LogP contribution in [-0.4, -0.2) is 30.5 Å². The SMILES string of the molecule is CSC(C)CNC(=O)c1ccc(C#CCN)c(F)c1. The Hall–Kier alpha value is -1.51. The number of amides is 1. The van der Waals surface area contributed by atoms with Crippen LogP contribution in [0.2, 0.25) is 0 Å². The summed E-state index contributed by atoms with van der Waals surface area (Å²) < 4.78 is 13.7. The molecule has 0 aromatic heterocycles. The zero-order valence-corrected chi connectivity index (χ0v) is 11.8. The van der Waals surface area contributed by atoms with E-state index in [0.717, 1.165) is 0 Å². The van der Waals surface area contributed by atoms with Crippen LogP contribution in [0.5, 0.6) is 0 Å². The van der Waals surface area contributed by atoms with Gasteiger partial charge in [0.2, 0.25) is 0 Å². The molecule has 0 aliphatic heterocycles. The van der Waals surface area contributed by atoms with Crippen molar-refractivity contribution in [3.63, 3.8) is 0 Å². The third kappa shape index (κ3) is 4.93. The fourth-order valence-corrected chi connectivity index (χ4v) is 1.58. The van der Waals surface area contributed by atoms with E-state index in [-0.39, 0.29) is 18.0 Å². The highest BCUT2D eigenvalue weighted by Gasteiger charge is 2.09. The van der Waals surface area contributed by atoms with Crippen molar-refractivity contribution < 1.29 is 9.18 Å². The lowest BCUT2D eigenvalue weighted by Crippen LogP contribution is -2.29. The number of nitrogens with one attached hydrogen (secondary N) is 1. The van der Waals surface area contributed by atoms with Gasteiger partial charge in [0.25, 0.3) is 5.91 Å². The first-order valence-corrected chi connectivity index (χ1v) is 7.16. The molecule has 0 heterocycles. The summed E-state index contributed by atoms with van der Waals surface area (Å²) in [5, 5.41) is 3.08. The smallest absolute Gasteiger partial charge is 0.251 e. The number of hydrogen-bond acceptors (Lipinski definition) is 3. The zero-order chi connectivity index (χ0) is 14.3. The second-order valence-electron chi connectivity index (χ2n) is 3.96. The van der Waals surface area contributed by atoms with E-state index in [1.165, 1.54) is 12.1 Å². The molecule has 1 rings (SSSR count). The monoisotopic (exact) mass is 280 g/mol. The lowest BCUT2D eigenvalue weighted by atomic mass is 10.1. The van der Waals surface area contributed by atoms with Gasteiger partial charge in [0.05, 0.1) is 12.1 Å². The number of carbonyl (C=O) groups is 1. The molecule has 3 N–H and O–H groups in total. The predicted octanol–water partition coefficient (Wildman–Crippen LogP) is 1.62. The van der Waals surface area contributed by atoms with Gasteiger partial charge in [0, 0.05) is 17.4 Å². The van der Waals surface area contributed by atoms with Crippen LogP contribution in [0.4, 0.5) is 4.39 Å². The molecule has 0 bridgehead atoms. The number of hydrogen-bond donors (Lipinski definition) is 2. The Labute approximate surface area is 117 Å². The van der Waals surface area contributed by atoms with Gasteiger partial charge in [-0.1, -0.05) is 18.8 Å². The maximum Gasteiger partial charge on any atom is 0.251 e. The minimum Gasteiger partial charge on any atom is -0.351 e. The van der Waals surface area contributed by atoms with Gasteiger partial charge < -0.3 is 11.1 Å². The average Bonchev–Trinajstić information content (AvgIpc) is 2.42. The second kappa shape index (κ2) is 7.82. The molecule has 0 saturated heterocycles. The Morgan fingerprint density at radius 1 is 1.58 bits per heavy atom. The van der Waals surface area contributed by atoms with Crippen LogP contribution in [-0.2, 0) is 0 Å². The Bertz CT molecular complexity index is 508. The van der Waals surface area contributed by atoms with Gasteiger partial charge in [0.15, 0.2) is 0 Å². The van der Waals surface area contributed by atoms with Gasteiger partial charge in [-0.2, -0.15) is 11.8 Å². The van der Waals surface area contributed by atoms with Gasteiger partial charge in [-0.3, -0.25) is 4.79 Å². The maximum atomic E-state index is 13.7. The van der Waals surface area contributed by atoms with Crippen LogP contribution in [0.3, 0.4) is 0 Å². The minimum absolute atomic E-state index is 0.175. The van der Waals surface area contributed by atoms with Gasteiger partial charge >= 0.3 is 0 Å². The number of thioether (sulfide) groups is 1. The number of halogens is 1. The Kier molecular flexibility index (Phi) is 6.40. The fraction of sp³-hybridized carbons (Fsp3) is 0.357. The van der Waals surface area contributed by atoms with E-state index in [1.807, 2.05) is 13.2 Å². The van der Waals surface area contributed by atoms with Crippen LogP contribution in [0.1, 0.15) is 22.8 Å². The third-order valence-corrected chi connectivity index (χ3v) is 3.48. The molecule has 1 atom stereocenters. The Morgan fingerprint density at radius 2 is 2.32 bits per heavy atom. The average molecular weight is 280 g/mol. The quantitative estimate of drug-likeness (QED) is 0.824. The van der Waals surface area contributed by atoms with E-state index < -0.39 is 5.82 Å². The van der Waals surface area contributed by atoms with E-state index in [0.29, 0.717) is 17.4 Å². The molecule has 0 saturated carbocycles. The standard InChI is InChI=1S/C14H17FN2OS/c1-10(19-2)9-17-14(18)12-6-5-11(4-3-7-16)13(15)8-12/h5-6,8,10H,7,9,16H2,1-2H3,(H,17,18). The molecule has 0 aliphatic rings. The van der Waals surface area contributed by atoms with Crippen LogP contribution < -0.4 is 11.1 Å². The van der Waals surface area contributed by atoms with E-state index in [4.69, 9.17) is 5.73 Å². The molecule has 1 amide bonds. The first-order valence-electron chi connectivity index (χ1n) is 5.88. The molecule has 1 aromatic rings. The van der Waals surface area contributed by atoms with Crippen LogP contribution in [0.15, 0.2) is 18.2 Å². The van der Waals surface area contributed by atoms with Crippen molar-refractivity contribution in [2.75, 3.05) is 19.3 Å². The van der Waals surface area contributed by atoms with Gasteiger partial charge in [0.1, 0.15) is 5.82 Å². The molecular formula is C14H17FN2OS. The summed E-state index contributed by atoms with van der Waals surface area (Å²) in [6.45, 7) is 2.74. The van der Waals surface area contributed by atoms with E-state index >= 15 is 0 Å². The topological polar surface area (TPSA) is 55.1 Å². The molecule has 1 aromatic carbocycles. The zero-order valence-electron chi connectivity index (χ0n) is 11.0. The normalized spacial score (nSPS) is 11.4. The molecule has 0 aliphatic carbocycles. The first-order chi connectivity index (χ1) is 9.08. The van der Waals surface area contributed by atoms with Crippen LogP contribution in [0.25, 0.3) is 0 Å². The van der Waals surface area contributed by atoms with Gasteiger partial charge in [-0.05, 0) is 24.5 Å². The minimum atomic E-state index is -0.508. The van der Waals surface area contributed by atoms with Crippen LogP contribution in [0, 0.1) is 17.7 Å². The summed E-state index contributed by atoms with van der Waals surface area (Å²) in [5.41, 5.74) is 5.77. The van der Waals surface area contributed by atoms with Crippen molar-refractivity contribution in [2.45, 2.75) is 12.2 Å².